The van der Waals surface area contributed by atoms with Crippen LogP contribution in [0.4, 0.5) is 4.79 Å². The SMILES string of the molecule is CCCCN(C)C(=O)N(C)C1CCS(=O)(=O)C1. The van der Waals surface area contributed by atoms with Crippen LogP contribution in [0.25, 0.3) is 0 Å². The molecule has 1 fully saturated rings. The Hall–Kier alpha value is -0.780. The zero-order valence-corrected chi connectivity index (χ0v) is 11.7. The van der Waals surface area contributed by atoms with Gasteiger partial charge in [0.25, 0.3) is 0 Å². The van der Waals surface area contributed by atoms with Gasteiger partial charge in [0.2, 0.25) is 0 Å². The summed E-state index contributed by atoms with van der Waals surface area (Å²) in [4.78, 5) is 15.2. The van der Waals surface area contributed by atoms with Gasteiger partial charge >= 0.3 is 6.03 Å². The van der Waals surface area contributed by atoms with Gasteiger partial charge in [0.05, 0.1) is 11.5 Å². The summed E-state index contributed by atoms with van der Waals surface area (Å²) in [5, 5.41) is 0. The highest BCUT2D eigenvalue weighted by Crippen LogP contribution is 2.17. The van der Waals surface area contributed by atoms with E-state index in [0.717, 1.165) is 19.4 Å². The van der Waals surface area contributed by atoms with Crippen LogP contribution < -0.4 is 0 Å². The highest BCUT2D eigenvalue weighted by molar-refractivity contribution is 7.91. The van der Waals surface area contributed by atoms with Gasteiger partial charge in [-0.25, -0.2) is 13.2 Å². The number of amides is 2. The summed E-state index contributed by atoms with van der Waals surface area (Å²) < 4.78 is 22.7. The minimum Gasteiger partial charge on any atom is -0.328 e. The van der Waals surface area contributed by atoms with E-state index in [2.05, 4.69) is 6.92 Å². The molecule has 0 bridgehead atoms. The number of unbranched alkanes of at least 4 members (excludes halogenated alkanes) is 1. The molecule has 2 amide bonds. The molecule has 1 aliphatic heterocycles. The molecule has 1 saturated heterocycles. The third-order valence-electron chi connectivity index (χ3n) is 3.23. The van der Waals surface area contributed by atoms with E-state index in [1.54, 1.807) is 23.9 Å². The Kier molecular flexibility index (Phi) is 4.80. The van der Waals surface area contributed by atoms with Crippen LogP contribution in [-0.4, -0.2) is 62.4 Å². The highest BCUT2D eigenvalue weighted by Gasteiger charge is 2.33. The maximum atomic E-state index is 12.0. The van der Waals surface area contributed by atoms with Gasteiger partial charge in [-0.05, 0) is 12.8 Å². The first-order valence-corrected chi connectivity index (χ1v) is 7.88. The Bertz CT molecular complexity index is 367. The first-order valence-electron chi connectivity index (χ1n) is 6.05. The molecule has 0 saturated carbocycles. The van der Waals surface area contributed by atoms with E-state index >= 15 is 0 Å². The van der Waals surface area contributed by atoms with Gasteiger partial charge in [-0.1, -0.05) is 13.3 Å². The maximum Gasteiger partial charge on any atom is 0.319 e. The third-order valence-corrected chi connectivity index (χ3v) is 4.98. The molecule has 1 atom stereocenters. The molecule has 0 aromatic carbocycles. The van der Waals surface area contributed by atoms with E-state index in [1.165, 1.54) is 0 Å². The topological polar surface area (TPSA) is 57.7 Å². The minimum atomic E-state index is -2.93. The first-order chi connectivity index (χ1) is 7.87. The average molecular weight is 262 g/mol. The molecule has 0 N–H and O–H groups in total. The molecule has 1 aliphatic rings. The van der Waals surface area contributed by atoms with Gasteiger partial charge in [0.1, 0.15) is 0 Å². The number of hydrogen-bond donors (Lipinski definition) is 0. The second-order valence-electron chi connectivity index (χ2n) is 4.73. The molecule has 1 unspecified atom stereocenters. The van der Waals surface area contributed by atoms with Crippen LogP contribution in [0.5, 0.6) is 0 Å². The molecule has 100 valence electrons. The van der Waals surface area contributed by atoms with Crippen molar-refractivity contribution in [1.82, 2.24) is 9.80 Å². The molecular weight excluding hydrogens is 240 g/mol. The molecule has 1 heterocycles. The Balaban J connectivity index is 2.52. The highest BCUT2D eigenvalue weighted by atomic mass is 32.2. The quantitative estimate of drug-likeness (QED) is 0.758. The van der Waals surface area contributed by atoms with Gasteiger partial charge in [-0.2, -0.15) is 0 Å². The predicted molar refractivity (Wildman–Crippen MR) is 67.8 cm³/mol. The van der Waals surface area contributed by atoms with Crippen molar-refractivity contribution in [2.24, 2.45) is 0 Å². The number of nitrogens with zero attached hydrogens (tertiary/aromatic N) is 2. The number of urea groups is 1. The summed E-state index contributed by atoms with van der Waals surface area (Å²) >= 11 is 0. The van der Waals surface area contributed by atoms with E-state index in [-0.39, 0.29) is 23.6 Å². The average Bonchev–Trinajstić information content (AvgIpc) is 2.64. The van der Waals surface area contributed by atoms with Crippen LogP contribution in [0, 0.1) is 0 Å². The second kappa shape index (κ2) is 5.71. The van der Waals surface area contributed by atoms with E-state index in [1.807, 2.05) is 0 Å². The van der Waals surface area contributed by atoms with E-state index in [9.17, 15) is 13.2 Å². The van der Waals surface area contributed by atoms with Crippen molar-refractivity contribution in [3.8, 4) is 0 Å². The van der Waals surface area contributed by atoms with Crippen LogP contribution in [0.3, 0.4) is 0 Å². The minimum absolute atomic E-state index is 0.0828. The summed E-state index contributed by atoms with van der Waals surface area (Å²) in [6.07, 6.45) is 2.57. The van der Waals surface area contributed by atoms with Crippen molar-refractivity contribution < 1.29 is 13.2 Å². The van der Waals surface area contributed by atoms with Crippen molar-refractivity contribution >= 4 is 15.9 Å². The molecule has 17 heavy (non-hydrogen) atoms. The fourth-order valence-electron chi connectivity index (χ4n) is 2.00. The molecule has 0 spiro atoms. The Morgan fingerprint density at radius 1 is 1.35 bits per heavy atom. The van der Waals surface area contributed by atoms with Crippen molar-refractivity contribution in [1.29, 1.82) is 0 Å². The number of rotatable bonds is 4. The Labute approximate surface area is 104 Å². The standard InChI is InChI=1S/C11H22N2O3S/c1-4-5-7-12(2)11(14)13(3)10-6-8-17(15,16)9-10/h10H,4-9H2,1-3H3. The van der Waals surface area contributed by atoms with E-state index < -0.39 is 9.84 Å². The zero-order chi connectivity index (χ0) is 13.1. The lowest BCUT2D eigenvalue weighted by Gasteiger charge is -2.28. The van der Waals surface area contributed by atoms with Gasteiger partial charge in [-0.3, -0.25) is 0 Å². The summed E-state index contributed by atoms with van der Waals surface area (Å²) in [6, 6.07) is -0.239. The van der Waals surface area contributed by atoms with Gasteiger partial charge in [0.15, 0.2) is 9.84 Å². The third kappa shape index (κ3) is 3.87. The number of carbonyl (C=O) groups is 1. The fourth-order valence-corrected chi connectivity index (χ4v) is 3.77. The molecule has 0 aromatic heterocycles. The van der Waals surface area contributed by atoms with Crippen LogP contribution in [-0.2, 0) is 9.84 Å². The van der Waals surface area contributed by atoms with Crippen LogP contribution in [0.1, 0.15) is 26.2 Å². The molecular formula is C11H22N2O3S. The van der Waals surface area contributed by atoms with Gasteiger partial charge in [-0.15, -0.1) is 0 Å². The predicted octanol–water partition coefficient (Wildman–Crippen LogP) is 0.957. The van der Waals surface area contributed by atoms with Gasteiger partial charge < -0.3 is 9.80 Å². The lowest BCUT2D eigenvalue weighted by Crippen LogP contribution is -2.45. The second-order valence-corrected chi connectivity index (χ2v) is 6.95. The molecule has 1 rings (SSSR count). The summed E-state index contributed by atoms with van der Waals surface area (Å²) in [5.74, 6) is 0.310. The molecule has 0 aliphatic carbocycles. The monoisotopic (exact) mass is 262 g/mol. The molecule has 6 heteroatoms. The maximum absolute atomic E-state index is 12.0. The van der Waals surface area contributed by atoms with E-state index in [0.29, 0.717) is 6.42 Å². The smallest absolute Gasteiger partial charge is 0.319 e. The lowest BCUT2D eigenvalue weighted by atomic mass is 10.2. The van der Waals surface area contributed by atoms with Crippen molar-refractivity contribution in [3.05, 3.63) is 0 Å². The normalized spacial score (nSPS) is 22.4. The number of carbonyl (C=O) groups excluding carboxylic acids is 1. The van der Waals surface area contributed by atoms with Crippen molar-refractivity contribution in [3.63, 3.8) is 0 Å². The van der Waals surface area contributed by atoms with Crippen LogP contribution >= 0.6 is 0 Å². The number of sulfone groups is 1. The van der Waals surface area contributed by atoms with Crippen LogP contribution in [0.15, 0.2) is 0 Å². The lowest BCUT2D eigenvalue weighted by molar-refractivity contribution is 0.160. The molecule has 0 radical (unpaired) electrons. The van der Waals surface area contributed by atoms with E-state index in [4.69, 9.17) is 0 Å². The number of hydrogen-bond acceptors (Lipinski definition) is 3. The molecule has 5 nitrogen and oxygen atoms in total. The fraction of sp³-hybridized carbons (Fsp3) is 0.909. The van der Waals surface area contributed by atoms with Gasteiger partial charge in [0, 0.05) is 26.7 Å². The molecule has 0 aromatic rings. The summed E-state index contributed by atoms with van der Waals surface area (Å²) in [5.41, 5.74) is 0. The van der Waals surface area contributed by atoms with Crippen molar-refractivity contribution in [2.45, 2.75) is 32.2 Å². The van der Waals surface area contributed by atoms with Crippen LogP contribution in [0.2, 0.25) is 0 Å². The Morgan fingerprint density at radius 2 is 2.00 bits per heavy atom. The van der Waals surface area contributed by atoms with Crippen molar-refractivity contribution in [2.75, 3.05) is 32.1 Å². The zero-order valence-electron chi connectivity index (χ0n) is 10.8. The largest absolute Gasteiger partial charge is 0.328 e. The summed E-state index contributed by atoms with van der Waals surface area (Å²) in [7, 11) is 0.524. The summed E-state index contributed by atoms with van der Waals surface area (Å²) in [6.45, 7) is 2.80. The Morgan fingerprint density at radius 3 is 2.47 bits per heavy atom. The first kappa shape index (κ1) is 14.3.